The van der Waals surface area contributed by atoms with E-state index in [4.69, 9.17) is 9.72 Å². The second-order valence-corrected chi connectivity index (χ2v) is 6.80. The third-order valence-corrected chi connectivity index (χ3v) is 5.07. The van der Waals surface area contributed by atoms with Crippen molar-refractivity contribution in [1.82, 2.24) is 15.0 Å². The summed E-state index contributed by atoms with van der Waals surface area (Å²) in [6.07, 6.45) is 8.43. The van der Waals surface area contributed by atoms with Gasteiger partial charge >= 0.3 is 0 Å². The maximum atomic E-state index is 13.0. The summed E-state index contributed by atoms with van der Waals surface area (Å²) in [4.78, 5) is 28.3. The molecule has 2 aromatic rings. The normalized spacial score (nSPS) is 19.7. The zero-order valence-corrected chi connectivity index (χ0v) is 14.9. The molecule has 136 valence electrons. The van der Waals surface area contributed by atoms with Crippen molar-refractivity contribution in [2.45, 2.75) is 38.6 Å². The molecule has 0 unspecified atom stereocenters. The number of amides is 1. The highest BCUT2D eigenvalue weighted by atomic mass is 16.5. The zero-order valence-electron chi connectivity index (χ0n) is 14.9. The van der Waals surface area contributed by atoms with Gasteiger partial charge in [0.1, 0.15) is 5.82 Å². The van der Waals surface area contributed by atoms with Crippen molar-refractivity contribution in [3.63, 3.8) is 0 Å². The summed E-state index contributed by atoms with van der Waals surface area (Å²) in [5.74, 6) is 1.17. The summed E-state index contributed by atoms with van der Waals surface area (Å²) in [5, 5.41) is 2.86. The quantitative estimate of drug-likeness (QED) is 0.911. The van der Waals surface area contributed by atoms with E-state index in [2.05, 4.69) is 27.1 Å². The second-order valence-electron chi connectivity index (χ2n) is 6.80. The zero-order chi connectivity index (χ0) is 17.9. The molecule has 1 amide bonds. The van der Waals surface area contributed by atoms with Crippen LogP contribution in [-0.4, -0.2) is 46.7 Å². The molecule has 1 fully saturated rings. The lowest BCUT2D eigenvalue weighted by molar-refractivity contribution is 0.102. The van der Waals surface area contributed by atoms with Crippen LogP contribution >= 0.6 is 0 Å². The van der Waals surface area contributed by atoms with Crippen molar-refractivity contribution < 1.29 is 9.53 Å². The fraction of sp³-hybridized carbons (Fsp3) is 0.474. The summed E-state index contributed by atoms with van der Waals surface area (Å²) < 4.78 is 5.61. The Hall–Kier alpha value is -2.54. The molecule has 2 aliphatic heterocycles. The first-order valence-electron chi connectivity index (χ1n) is 9.17. The van der Waals surface area contributed by atoms with Crippen molar-refractivity contribution in [3.05, 3.63) is 41.5 Å². The van der Waals surface area contributed by atoms with Crippen LogP contribution in [0.1, 0.15) is 41.4 Å². The number of hydrogen-bond donors (Lipinski definition) is 1. The van der Waals surface area contributed by atoms with E-state index in [1.807, 2.05) is 6.07 Å². The maximum absolute atomic E-state index is 13.0. The molecular weight excluding hydrogens is 330 g/mol. The number of nitrogens with zero attached hydrogens (tertiary/aromatic N) is 4. The van der Waals surface area contributed by atoms with Crippen LogP contribution in [0, 0.1) is 0 Å². The van der Waals surface area contributed by atoms with Crippen molar-refractivity contribution >= 4 is 17.5 Å². The number of pyridine rings is 1. The lowest BCUT2D eigenvalue weighted by Gasteiger charge is -2.25. The van der Waals surface area contributed by atoms with E-state index in [0.29, 0.717) is 37.1 Å². The Bertz CT molecular complexity index is 796. The molecule has 0 bridgehead atoms. The number of nitrogens with one attached hydrogen (secondary N) is 1. The van der Waals surface area contributed by atoms with Crippen LogP contribution in [0.2, 0.25) is 0 Å². The fourth-order valence-corrected chi connectivity index (χ4v) is 3.71. The van der Waals surface area contributed by atoms with Crippen molar-refractivity contribution in [1.29, 1.82) is 0 Å². The minimum atomic E-state index is -0.167. The van der Waals surface area contributed by atoms with Crippen molar-refractivity contribution in [2.75, 3.05) is 30.0 Å². The van der Waals surface area contributed by atoms with Gasteiger partial charge in [-0.3, -0.25) is 9.78 Å². The van der Waals surface area contributed by atoms with Gasteiger partial charge in [0.15, 0.2) is 5.82 Å². The summed E-state index contributed by atoms with van der Waals surface area (Å²) >= 11 is 0. The molecule has 4 heterocycles. The van der Waals surface area contributed by atoms with Gasteiger partial charge in [0.25, 0.3) is 5.91 Å². The van der Waals surface area contributed by atoms with Gasteiger partial charge in [0, 0.05) is 42.7 Å². The molecule has 1 N–H and O–H groups in total. The number of ether oxygens (including phenoxy) is 1. The van der Waals surface area contributed by atoms with E-state index >= 15 is 0 Å². The molecule has 0 aliphatic carbocycles. The number of anilines is 2. The number of hydrogen-bond acceptors (Lipinski definition) is 6. The van der Waals surface area contributed by atoms with E-state index in [0.717, 1.165) is 42.9 Å². The third-order valence-electron chi connectivity index (χ3n) is 5.07. The Kier molecular flexibility index (Phi) is 4.79. The van der Waals surface area contributed by atoms with Crippen LogP contribution in [0.5, 0.6) is 0 Å². The highest BCUT2D eigenvalue weighted by Gasteiger charge is 2.26. The number of rotatable bonds is 3. The number of aromatic nitrogens is 3. The van der Waals surface area contributed by atoms with Gasteiger partial charge in [-0.15, -0.1) is 0 Å². The molecule has 0 spiro atoms. The molecule has 2 aliphatic rings. The molecule has 0 saturated carbocycles. The van der Waals surface area contributed by atoms with Crippen LogP contribution in [0.3, 0.4) is 0 Å². The van der Waals surface area contributed by atoms with Gasteiger partial charge in [-0.05, 0) is 37.8 Å². The Morgan fingerprint density at radius 3 is 2.96 bits per heavy atom. The highest BCUT2D eigenvalue weighted by Crippen LogP contribution is 2.28. The van der Waals surface area contributed by atoms with Crippen LogP contribution < -0.4 is 10.2 Å². The molecule has 26 heavy (non-hydrogen) atoms. The van der Waals surface area contributed by atoms with E-state index in [1.165, 1.54) is 0 Å². The van der Waals surface area contributed by atoms with Crippen LogP contribution in [0.4, 0.5) is 11.6 Å². The molecule has 4 rings (SSSR count). The van der Waals surface area contributed by atoms with E-state index in [1.54, 1.807) is 18.6 Å². The molecule has 7 nitrogen and oxygen atoms in total. The summed E-state index contributed by atoms with van der Waals surface area (Å²) in [5.41, 5.74) is 2.63. The van der Waals surface area contributed by atoms with Gasteiger partial charge < -0.3 is 15.0 Å². The average molecular weight is 353 g/mol. The average Bonchev–Trinajstić information content (AvgIpc) is 2.94. The Morgan fingerprint density at radius 2 is 2.19 bits per heavy atom. The number of fused-ring (bicyclic) bond motifs is 1. The van der Waals surface area contributed by atoms with Crippen LogP contribution in [0.25, 0.3) is 0 Å². The first kappa shape index (κ1) is 16.9. The third kappa shape index (κ3) is 3.39. The monoisotopic (exact) mass is 353 g/mol. The van der Waals surface area contributed by atoms with Gasteiger partial charge in [-0.25, -0.2) is 9.97 Å². The molecule has 0 aromatic carbocycles. The van der Waals surface area contributed by atoms with Gasteiger partial charge in [-0.1, -0.05) is 0 Å². The van der Waals surface area contributed by atoms with E-state index in [9.17, 15) is 4.79 Å². The maximum Gasteiger partial charge on any atom is 0.257 e. The lowest BCUT2D eigenvalue weighted by atomic mass is 10.0. The molecule has 1 saturated heterocycles. The van der Waals surface area contributed by atoms with Gasteiger partial charge in [0.05, 0.1) is 19.4 Å². The molecular formula is C19H23N5O2. The first-order chi connectivity index (χ1) is 12.7. The minimum Gasteiger partial charge on any atom is -0.381 e. The highest BCUT2D eigenvalue weighted by molar-refractivity contribution is 6.05. The van der Waals surface area contributed by atoms with Crippen molar-refractivity contribution in [3.8, 4) is 0 Å². The predicted octanol–water partition coefficient (Wildman–Crippen LogP) is 2.23. The molecule has 7 heteroatoms. The van der Waals surface area contributed by atoms with Crippen LogP contribution in [0.15, 0.2) is 24.7 Å². The molecule has 0 radical (unpaired) electrons. The number of carbonyl (C=O) groups excluding carboxylic acids is 1. The summed E-state index contributed by atoms with van der Waals surface area (Å²) in [6, 6.07) is 2.37. The largest absolute Gasteiger partial charge is 0.381 e. The van der Waals surface area contributed by atoms with Crippen molar-refractivity contribution in [2.24, 2.45) is 0 Å². The van der Waals surface area contributed by atoms with Gasteiger partial charge in [-0.2, -0.15) is 0 Å². The van der Waals surface area contributed by atoms with E-state index in [-0.39, 0.29) is 5.91 Å². The summed E-state index contributed by atoms with van der Waals surface area (Å²) in [7, 11) is 0. The summed E-state index contributed by atoms with van der Waals surface area (Å²) in [6.45, 7) is 4.45. The first-order valence-corrected chi connectivity index (χ1v) is 9.17. The topological polar surface area (TPSA) is 80.2 Å². The smallest absolute Gasteiger partial charge is 0.257 e. The second kappa shape index (κ2) is 7.37. The Balaban J connectivity index is 1.72. The van der Waals surface area contributed by atoms with E-state index < -0.39 is 0 Å². The predicted molar refractivity (Wildman–Crippen MR) is 98.5 cm³/mol. The minimum absolute atomic E-state index is 0.167. The lowest BCUT2D eigenvalue weighted by Crippen LogP contribution is -2.28. The van der Waals surface area contributed by atoms with Gasteiger partial charge in [0.2, 0.25) is 0 Å². The fourth-order valence-electron chi connectivity index (χ4n) is 3.71. The Morgan fingerprint density at radius 1 is 1.31 bits per heavy atom. The van der Waals surface area contributed by atoms with Crippen LogP contribution in [-0.2, 0) is 17.6 Å². The molecule has 2 aromatic heterocycles. The molecule has 1 atom stereocenters. The number of carbonyl (C=O) groups is 1. The SMILES string of the molecule is C[C@@H]1CCCN1c1cc(C(=O)Nc2cnccn2)c2c(n1)CCOCC2. The Labute approximate surface area is 152 Å². The standard InChI is InChI=1S/C19H23N5O2/c1-13-3-2-8-24(13)18-11-15(14-4-9-26-10-5-16(14)22-18)19(25)23-17-12-20-6-7-21-17/h6-7,11-13H,2-5,8-10H2,1H3,(H,21,23,25)/t13-/m1/s1.